The monoisotopic (exact) mass is 275 g/mol. The molecule has 0 aliphatic heterocycles. The molecular formula is C14H17N3OS. The number of thiophene rings is 1. The van der Waals surface area contributed by atoms with Gasteiger partial charge >= 0.3 is 0 Å². The molecule has 0 bridgehead atoms. The number of aryl methyl sites for hydroxylation is 2. The van der Waals surface area contributed by atoms with Crippen LogP contribution in [0.25, 0.3) is 10.1 Å². The third-order valence-electron chi connectivity index (χ3n) is 3.47. The summed E-state index contributed by atoms with van der Waals surface area (Å²) in [6.07, 6.45) is 2.45. The Morgan fingerprint density at radius 3 is 2.95 bits per heavy atom. The van der Waals surface area contributed by atoms with E-state index >= 15 is 0 Å². The van der Waals surface area contributed by atoms with E-state index < -0.39 is 0 Å². The number of nitrogens with two attached hydrogens (primary N) is 1. The second kappa shape index (κ2) is 4.49. The number of nitrogen functional groups attached to an aromatic ring is 1. The molecule has 0 atom stereocenters. The maximum absolute atomic E-state index is 12.2. The number of rotatable bonds is 3. The van der Waals surface area contributed by atoms with E-state index in [1.165, 1.54) is 24.2 Å². The molecule has 2 aromatic heterocycles. The minimum absolute atomic E-state index is 0.0531. The van der Waals surface area contributed by atoms with Gasteiger partial charge in [0, 0.05) is 28.0 Å². The van der Waals surface area contributed by atoms with Crippen LogP contribution in [0, 0.1) is 19.8 Å². The number of hydrogen-bond donors (Lipinski definition) is 2. The van der Waals surface area contributed by atoms with Crippen molar-refractivity contribution in [2.75, 3.05) is 12.3 Å². The molecule has 19 heavy (non-hydrogen) atoms. The summed E-state index contributed by atoms with van der Waals surface area (Å²) in [7, 11) is 0. The van der Waals surface area contributed by atoms with Crippen molar-refractivity contribution in [1.29, 1.82) is 0 Å². The maximum Gasteiger partial charge on any atom is 0.263 e. The Labute approximate surface area is 116 Å². The topological polar surface area (TPSA) is 68.0 Å². The van der Waals surface area contributed by atoms with E-state index in [9.17, 15) is 4.79 Å². The molecule has 0 aromatic carbocycles. The first-order valence-electron chi connectivity index (χ1n) is 6.50. The zero-order valence-electron chi connectivity index (χ0n) is 11.1. The van der Waals surface area contributed by atoms with E-state index in [4.69, 9.17) is 5.73 Å². The molecule has 1 amide bonds. The molecule has 2 aromatic rings. The predicted octanol–water partition coefficient (Wildman–Crippen LogP) is 2.64. The molecule has 0 unspecified atom stereocenters. The fraction of sp³-hybridized carbons (Fsp3) is 0.429. The lowest BCUT2D eigenvalue weighted by atomic mass is 10.2. The zero-order chi connectivity index (χ0) is 13.6. The molecule has 100 valence electrons. The fourth-order valence-corrected chi connectivity index (χ4v) is 3.47. The number of nitrogens with zero attached hydrogens (tertiary/aromatic N) is 1. The van der Waals surface area contributed by atoms with Crippen molar-refractivity contribution < 1.29 is 4.79 Å². The lowest BCUT2D eigenvalue weighted by Gasteiger charge is -2.03. The number of hydrogen-bond acceptors (Lipinski definition) is 4. The van der Waals surface area contributed by atoms with Crippen molar-refractivity contribution in [2.24, 2.45) is 5.92 Å². The molecule has 0 spiro atoms. The van der Waals surface area contributed by atoms with E-state index in [0.717, 1.165) is 28.0 Å². The lowest BCUT2D eigenvalue weighted by molar-refractivity contribution is 0.0956. The van der Waals surface area contributed by atoms with Gasteiger partial charge in [0.1, 0.15) is 4.88 Å². The number of anilines is 1. The van der Waals surface area contributed by atoms with E-state index in [0.29, 0.717) is 16.5 Å². The Morgan fingerprint density at radius 2 is 2.26 bits per heavy atom. The van der Waals surface area contributed by atoms with Gasteiger partial charge in [0.25, 0.3) is 5.91 Å². The van der Waals surface area contributed by atoms with Gasteiger partial charge in [-0.3, -0.25) is 9.78 Å². The predicted molar refractivity (Wildman–Crippen MR) is 78.6 cm³/mol. The van der Waals surface area contributed by atoms with Gasteiger partial charge in [-0.25, -0.2) is 0 Å². The fourth-order valence-electron chi connectivity index (χ4n) is 2.29. The smallest absolute Gasteiger partial charge is 0.263 e. The number of pyridine rings is 1. The van der Waals surface area contributed by atoms with Crippen LogP contribution in [-0.4, -0.2) is 17.4 Å². The molecule has 1 fully saturated rings. The normalized spacial score (nSPS) is 14.8. The second-order valence-electron chi connectivity index (χ2n) is 5.22. The van der Waals surface area contributed by atoms with Gasteiger partial charge in [-0.1, -0.05) is 0 Å². The van der Waals surface area contributed by atoms with Crippen molar-refractivity contribution in [3.8, 4) is 0 Å². The lowest BCUT2D eigenvalue weighted by Crippen LogP contribution is -2.25. The largest absolute Gasteiger partial charge is 0.397 e. The molecule has 0 radical (unpaired) electrons. The third-order valence-corrected chi connectivity index (χ3v) is 4.62. The summed E-state index contributed by atoms with van der Waals surface area (Å²) >= 11 is 1.46. The first-order chi connectivity index (χ1) is 9.06. The van der Waals surface area contributed by atoms with Crippen LogP contribution < -0.4 is 11.1 Å². The van der Waals surface area contributed by atoms with E-state index in [2.05, 4.69) is 10.3 Å². The van der Waals surface area contributed by atoms with Crippen LogP contribution in [0.4, 0.5) is 5.69 Å². The minimum atomic E-state index is -0.0531. The molecule has 2 heterocycles. The third kappa shape index (κ3) is 2.30. The summed E-state index contributed by atoms with van der Waals surface area (Å²) in [5.74, 6) is 0.618. The van der Waals surface area contributed by atoms with Crippen molar-refractivity contribution >= 4 is 33.0 Å². The first-order valence-corrected chi connectivity index (χ1v) is 7.32. The van der Waals surface area contributed by atoms with E-state index in [1.807, 2.05) is 19.9 Å². The highest BCUT2D eigenvalue weighted by Crippen LogP contribution is 2.35. The molecular weight excluding hydrogens is 258 g/mol. The Kier molecular flexibility index (Phi) is 2.93. The number of carbonyl (C=O) groups is 1. The van der Waals surface area contributed by atoms with Gasteiger partial charge in [0.05, 0.1) is 5.69 Å². The first kappa shape index (κ1) is 12.4. The Balaban J connectivity index is 1.96. The summed E-state index contributed by atoms with van der Waals surface area (Å²) in [6.45, 7) is 4.66. The second-order valence-corrected chi connectivity index (χ2v) is 6.27. The molecule has 4 nitrogen and oxygen atoms in total. The van der Waals surface area contributed by atoms with Crippen molar-refractivity contribution in [3.05, 3.63) is 22.3 Å². The highest BCUT2D eigenvalue weighted by Gasteiger charge is 2.24. The average Bonchev–Trinajstić information content (AvgIpc) is 3.10. The Hall–Kier alpha value is -1.62. The van der Waals surface area contributed by atoms with Crippen LogP contribution in [0.3, 0.4) is 0 Å². The average molecular weight is 275 g/mol. The van der Waals surface area contributed by atoms with E-state index in [1.54, 1.807) is 0 Å². The van der Waals surface area contributed by atoms with Gasteiger partial charge in [-0.15, -0.1) is 11.3 Å². The molecule has 0 saturated heterocycles. The Morgan fingerprint density at radius 1 is 1.53 bits per heavy atom. The molecule has 3 N–H and O–H groups in total. The van der Waals surface area contributed by atoms with Crippen LogP contribution in [0.2, 0.25) is 0 Å². The summed E-state index contributed by atoms with van der Waals surface area (Å²) < 4.78 is 1.04. The Bertz CT molecular complexity index is 658. The summed E-state index contributed by atoms with van der Waals surface area (Å²) in [5.41, 5.74) is 8.54. The quantitative estimate of drug-likeness (QED) is 0.904. The standard InChI is InChI=1S/C14H17N3OS/c1-7-5-10-11(8(2)17-7)12(15)13(19-10)14(18)16-6-9-3-4-9/h5,9H,3-4,6,15H2,1-2H3,(H,16,18). The van der Waals surface area contributed by atoms with Crippen molar-refractivity contribution in [3.63, 3.8) is 0 Å². The maximum atomic E-state index is 12.2. The highest BCUT2D eigenvalue weighted by molar-refractivity contribution is 7.21. The summed E-state index contributed by atoms with van der Waals surface area (Å²) in [6, 6.07) is 1.99. The van der Waals surface area contributed by atoms with Crippen LogP contribution in [0.1, 0.15) is 33.9 Å². The van der Waals surface area contributed by atoms with Gasteiger partial charge in [-0.2, -0.15) is 0 Å². The van der Waals surface area contributed by atoms with Crippen LogP contribution in [-0.2, 0) is 0 Å². The van der Waals surface area contributed by atoms with Crippen molar-refractivity contribution in [1.82, 2.24) is 10.3 Å². The number of amides is 1. The zero-order valence-corrected chi connectivity index (χ0v) is 11.9. The minimum Gasteiger partial charge on any atom is -0.397 e. The van der Waals surface area contributed by atoms with Gasteiger partial charge < -0.3 is 11.1 Å². The molecule has 5 heteroatoms. The number of nitrogens with one attached hydrogen (secondary N) is 1. The van der Waals surface area contributed by atoms with Crippen LogP contribution >= 0.6 is 11.3 Å². The SMILES string of the molecule is Cc1cc2sc(C(=O)NCC3CC3)c(N)c2c(C)n1. The number of aromatic nitrogens is 1. The van der Waals surface area contributed by atoms with Gasteiger partial charge in [-0.05, 0) is 38.7 Å². The van der Waals surface area contributed by atoms with Crippen LogP contribution in [0.15, 0.2) is 6.07 Å². The van der Waals surface area contributed by atoms with Gasteiger partial charge in [0.2, 0.25) is 0 Å². The molecule has 3 rings (SSSR count). The van der Waals surface area contributed by atoms with Gasteiger partial charge in [0.15, 0.2) is 0 Å². The summed E-state index contributed by atoms with van der Waals surface area (Å²) in [5, 5.41) is 3.89. The van der Waals surface area contributed by atoms with Crippen LogP contribution in [0.5, 0.6) is 0 Å². The van der Waals surface area contributed by atoms with Crippen molar-refractivity contribution in [2.45, 2.75) is 26.7 Å². The van der Waals surface area contributed by atoms with E-state index in [-0.39, 0.29) is 5.91 Å². The molecule has 1 saturated carbocycles. The highest BCUT2D eigenvalue weighted by atomic mass is 32.1. The molecule has 1 aliphatic rings. The number of carbonyl (C=O) groups excluding carboxylic acids is 1. The summed E-state index contributed by atoms with van der Waals surface area (Å²) in [4.78, 5) is 17.2. The number of fused-ring (bicyclic) bond motifs is 1. The molecule has 1 aliphatic carbocycles.